The number of amides is 1. The highest BCUT2D eigenvalue weighted by Crippen LogP contribution is 2.37. The molecule has 2 heterocycles. The highest BCUT2D eigenvalue weighted by molar-refractivity contribution is 8.26. The average Bonchev–Trinajstić information content (AvgIpc) is 3.00. The maximum absolute atomic E-state index is 12.7. The van der Waals surface area contributed by atoms with Crippen molar-refractivity contribution >= 4 is 56.1 Å². The fourth-order valence-corrected chi connectivity index (χ4v) is 5.85. The maximum atomic E-state index is 12.7. The summed E-state index contributed by atoms with van der Waals surface area (Å²) >= 11 is 6.40. The minimum Gasteiger partial charge on any atom is -0.426 e. The van der Waals surface area contributed by atoms with E-state index in [0.717, 1.165) is 11.8 Å². The molecule has 2 fully saturated rings. The monoisotopic (exact) mass is 397 g/mol. The van der Waals surface area contributed by atoms with Crippen LogP contribution in [0, 0.1) is 0 Å². The van der Waals surface area contributed by atoms with Crippen LogP contribution in [0.5, 0.6) is 5.75 Å². The summed E-state index contributed by atoms with van der Waals surface area (Å²) in [7, 11) is -3.12. The minimum absolute atomic E-state index is 0.0588. The SMILES string of the molecule is CC(=O)Oc1ccccc1/C=C1\SC(=S)N([C@@H]2CCS(=O)(=O)C2)C1=O. The molecule has 25 heavy (non-hydrogen) atoms. The molecule has 0 spiro atoms. The molecule has 1 aromatic rings. The molecule has 0 N–H and O–H groups in total. The van der Waals surface area contributed by atoms with E-state index < -0.39 is 21.8 Å². The summed E-state index contributed by atoms with van der Waals surface area (Å²) in [5.41, 5.74) is 0.581. The molecule has 2 saturated heterocycles. The van der Waals surface area contributed by atoms with E-state index in [1.807, 2.05) is 0 Å². The van der Waals surface area contributed by atoms with Crippen molar-refractivity contribution in [3.63, 3.8) is 0 Å². The van der Waals surface area contributed by atoms with Crippen LogP contribution in [0.3, 0.4) is 0 Å². The van der Waals surface area contributed by atoms with E-state index in [0.29, 0.717) is 27.0 Å². The van der Waals surface area contributed by atoms with Gasteiger partial charge in [0.15, 0.2) is 9.84 Å². The lowest BCUT2D eigenvalue weighted by Crippen LogP contribution is -2.39. The van der Waals surface area contributed by atoms with Gasteiger partial charge in [-0.25, -0.2) is 8.42 Å². The maximum Gasteiger partial charge on any atom is 0.308 e. The molecular weight excluding hydrogens is 382 g/mol. The molecule has 0 aromatic heterocycles. The van der Waals surface area contributed by atoms with Gasteiger partial charge in [-0.05, 0) is 18.6 Å². The van der Waals surface area contributed by atoms with Crippen LogP contribution in [0.25, 0.3) is 6.08 Å². The summed E-state index contributed by atoms with van der Waals surface area (Å²) in [6.07, 6.45) is 2.01. The van der Waals surface area contributed by atoms with Crippen LogP contribution in [0.1, 0.15) is 18.9 Å². The van der Waals surface area contributed by atoms with Crippen LogP contribution in [-0.2, 0) is 19.4 Å². The van der Waals surface area contributed by atoms with Crippen LogP contribution >= 0.6 is 24.0 Å². The predicted octanol–water partition coefficient (Wildman–Crippen LogP) is 2.00. The first-order chi connectivity index (χ1) is 11.8. The number of ether oxygens (including phenoxy) is 1. The first kappa shape index (κ1) is 18.1. The lowest BCUT2D eigenvalue weighted by Gasteiger charge is -2.20. The molecule has 6 nitrogen and oxygen atoms in total. The molecule has 0 aliphatic carbocycles. The number of nitrogens with zero attached hydrogens (tertiary/aromatic N) is 1. The zero-order valence-electron chi connectivity index (χ0n) is 13.3. The van der Waals surface area contributed by atoms with Gasteiger partial charge in [-0.15, -0.1) is 0 Å². The Labute approximate surface area is 155 Å². The Hall–Kier alpha value is -1.71. The molecule has 2 aliphatic rings. The first-order valence-electron chi connectivity index (χ1n) is 7.52. The zero-order valence-corrected chi connectivity index (χ0v) is 15.7. The Kier molecular flexibility index (Phi) is 4.99. The number of carbonyl (C=O) groups is 2. The lowest BCUT2D eigenvalue weighted by molar-refractivity contribution is -0.131. The smallest absolute Gasteiger partial charge is 0.308 e. The van der Waals surface area contributed by atoms with E-state index in [9.17, 15) is 18.0 Å². The molecule has 9 heteroatoms. The number of benzene rings is 1. The van der Waals surface area contributed by atoms with Gasteiger partial charge in [0.25, 0.3) is 5.91 Å². The van der Waals surface area contributed by atoms with Crippen LogP contribution in [0.2, 0.25) is 0 Å². The molecule has 3 rings (SSSR count). The van der Waals surface area contributed by atoms with Crippen LogP contribution in [0.4, 0.5) is 0 Å². The normalized spacial score (nSPS) is 24.1. The lowest BCUT2D eigenvalue weighted by atomic mass is 10.1. The largest absolute Gasteiger partial charge is 0.426 e. The summed E-state index contributed by atoms with van der Waals surface area (Å²) in [6.45, 7) is 1.30. The van der Waals surface area contributed by atoms with Gasteiger partial charge in [0.2, 0.25) is 0 Å². The molecule has 0 saturated carbocycles. The first-order valence-corrected chi connectivity index (χ1v) is 10.6. The Bertz CT molecular complexity index is 891. The second kappa shape index (κ2) is 6.89. The van der Waals surface area contributed by atoms with Crippen molar-refractivity contribution < 1.29 is 22.7 Å². The summed E-state index contributed by atoms with van der Waals surface area (Å²) in [5.74, 6) is -0.400. The Morgan fingerprint density at radius 1 is 1.40 bits per heavy atom. The van der Waals surface area contributed by atoms with Crippen molar-refractivity contribution in [1.29, 1.82) is 0 Å². The number of thiocarbonyl (C=S) groups is 1. The molecule has 132 valence electrons. The molecule has 0 bridgehead atoms. The molecule has 1 amide bonds. The molecule has 0 unspecified atom stereocenters. The third-order valence-corrected chi connectivity index (χ3v) is 6.94. The molecule has 1 aromatic carbocycles. The van der Waals surface area contributed by atoms with E-state index in [-0.39, 0.29) is 17.4 Å². The highest BCUT2D eigenvalue weighted by atomic mass is 32.2. The number of hydrogen-bond donors (Lipinski definition) is 0. The van der Waals surface area contributed by atoms with Crippen molar-refractivity contribution in [2.45, 2.75) is 19.4 Å². The van der Waals surface area contributed by atoms with Gasteiger partial charge < -0.3 is 4.74 Å². The van der Waals surface area contributed by atoms with Gasteiger partial charge in [0.1, 0.15) is 10.1 Å². The molecular formula is C16H15NO5S3. The van der Waals surface area contributed by atoms with Crippen LogP contribution < -0.4 is 4.74 Å². The fourth-order valence-electron chi connectivity index (χ4n) is 2.76. The Morgan fingerprint density at radius 3 is 2.76 bits per heavy atom. The van der Waals surface area contributed by atoms with Crippen LogP contribution in [0.15, 0.2) is 29.2 Å². The number of esters is 1. The quantitative estimate of drug-likeness (QED) is 0.334. The van der Waals surface area contributed by atoms with E-state index >= 15 is 0 Å². The van der Waals surface area contributed by atoms with E-state index in [4.69, 9.17) is 17.0 Å². The second-order valence-electron chi connectivity index (χ2n) is 5.74. The van der Waals surface area contributed by atoms with Gasteiger partial charge in [-0.1, -0.05) is 42.2 Å². The number of carbonyl (C=O) groups excluding carboxylic acids is 2. The second-order valence-corrected chi connectivity index (χ2v) is 9.64. The summed E-state index contributed by atoms with van der Waals surface area (Å²) in [5, 5.41) is 0. The van der Waals surface area contributed by atoms with Gasteiger partial charge in [0, 0.05) is 12.5 Å². The third kappa shape index (κ3) is 3.94. The number of para-hydroxylation sites is 1. The number of rotatable bonds is 3. The number of thioether (sulfide) groups is 1. The molecule has 1 atom stereocenters. The van der Waals surface area contributed by atoms with Crippen molar-refractivity contribution in [3.05, 3.63) is 34.7 Å². The van der Waals surface area contributed by atoms with Crippen molar-refractivity contribution in [1.82, 2.24) is 4.90 Å². The fraction of sp³-hybridized carbons (Fsp3) is 0.312. The Morgan fingerprint density at radius 2 is 2.12 bits per heavy atom. The number of sulfone groups is 1. The van der Waals surface area contributed by atoms with Crippen molar-refractivity contribution in [3.8, 4) is 5.75 Å². The van der Waals surface area contributed by atoms with Crippen molar-refractivity contribution in [2.75, 3.05) is 11.5 Å². The summed E-state index contributed by atoms with van der Waals surface area (Å²) in [6, 6.07) is 6.45. The topological polar surface area (TPSA) is 80.8 Å². The van der Waals surface area contributed by atoms with Gasteiger partial charge in [0.05, 0.1) is 22.5 Å². The summed E-state index contributed by atoms with van der Waals surface area (Å²) < 4.78 is 28.9. The minimum atomic E-state index is -3.12. The average molecular weight is 397 g/mol. The third-order valence-electron chi connectivity index (χ3n) is 3.86. The zero-order chi connectivity index (χ0) is 18.2. The van der Waals surface area contributed by atoms with E-state index in [2.05, 4.69) is 0 Å². The molecule has 0 radical (unpaired) electrons. The highest BCUT2D eigenvalue weighted by Gasteiger charge is 2.42. The van der Waals surface area contributed by atoms with Gasteiger partial charge in [-0.2, -0.15) is 0 Å². The predicted molar refractivity (Wildman–Crippen MR) is 99.8 cm³/mol. The van der Waals surface area contributed by atoms with Gasteiger partial charge in [-0.3, -0.25) is 14.5 Å². The summed E-state index contributed by atoms with van der Waals surface area (Å²) in [4.78, 5) is 25.7. The van der Waals surface area contributed by atoms with E-state index in [1.165, 1.54) is 11.8 Å². The van der Waals surface area contributed by atoms with Crippen LogP contribution in [-0.4, -0.2) is 47.1 Å². The molecule has 2 aliphatic heterocycles. The van der Waals surface area contributed by atoms with Crippen molar-refractivity contribution in [2.24, 2.45) is 0 Å². The van der Waals surface area contributed by atoms with Gasteiger partial charge >= 0.3 is 5.97 Å². The Balaban J connectivity index is 1.88. The number of hydrogen-bond acceptors (Lipinski definition) is 7. The van der Waals surface area contributed by atoms with E-state index in [1.54, 1.807) is 30.3 Å². The standard InChI is InChI=1S/C16H15NO5S3/c1-10(18)22-13-5-3-2-4-11(13)8-14-15(19)17(16(23)24-14)12-6-7-25(20,21)9-12/h2-5,8,12H,6-7,9H2,1H3/b14-8-/t12-/m1/s1.